The summed E-state index contributed by atoms with van der Waals surface area (Å²) in [5.41, 5.74) is 1.72. The first kappa shape index (κ1) is 19.2. The van der Waals surface area contributed by atoms with Crippen LogP contribution in [0.1, 0.15) is 30.0 Å². The van der Waals surface area contributed by atoms with E-state index < -0.39 is 18.1 Å². The minimum absolute atomic E-state index is 0.0782. The average molecular weight is 411 g/mol. The summed E-state index contributed by atoms with van der Waals surface area (Å²) in [4.78, 5) is 30.8. The van der Waals surface area contributed by atoms with E-state index >= 15 is 0 Å². The SMILES string of the molecule is O=C(O)C(c1ccc(Cl)c2cccnc12)N(C(=O)OCc1ccccc1)C1CC1. The molecule has 1 heterocycles. The molecule has 6 nitrogen and oxygen atoms in total. The van der Waals surface area contributed by atoms with Gasteiger partial charge in [-0.05, 0) is 36.6 Å². The van der Waals surface area contributed by atoms with Gasteiger partial charge in [-0.2, -0.15) is 0 Å². The number of hydrogen-bond acceptors (Lipinski definition) is 4. The number of carboxylic acid groups (broad SMARTS) is 1. The standard InChI is InChI=1S/C22H19ClN2O4/c23-18-11-10-17(19-16(18)7-4-12-24-19)20(21(26)27)25(15-8-9-15)22(28)29-13-14-5-2-1-3-6-14/h1-7,10-12,15,20H,8-9,13H2,(H,26,27). The molecule has 7 heteroatoms. The predicted octanol–water partition coefficient (Wildman–Crippen LogP) is 4.82. The number of carbonyl (C=O) groups excluding carboxylic acids is 1. The molecule has 1 aliphatic carbocycles. The third-order valence-corrected chi connectivity index (χ3v) is 5.24. The molecule has 0 aliphatic heterocycles. The average Bonchev–Trinajstić information content (AvgIpc) is 3.57. The van der Waals surface area contributed by atoms with Crippen molar-refractivity contribution in [3.8, 4) is 0 Å². The highest BCUT2D eigenvalue weighted by molar-refractivity contribution is 6.35. The van der Waals surface area contributed by atoms with Crippen LogP contribution in [-0.4, -0.2) is 33.1 Å². The lowest BCUT2D eigenvalue weighted by Crippen LogP contribution is -2.41. The van der Waals surface area contributed by atoms with Gasteiger partial charge in [0.2, 0.25) is 0 Å². The van der Waals surface area contributed by atoms with Gasteiger partial charge in [-0.15, -0.1) is 0 Å². The first-order valence-corrected chi connectivity index (χ1v) is 9.69. The number of hydrogen-bond donors (Lipinski definition) is 1. The summed E-state index contributed by atoms with van der Waals surface area (Å²) in [5, 5.41) is 11.1. The summed E-state index contributed by atoms with van der Waals surface area (Å²) in [7, 11) is 0. The van der Waals surface area contributed by atoms with Gasteiger partial charge in [-0.1, -0.05) is 48.0 Å². The smallest absolute Gasteiger partial charge is 0.411 e. The minimum Gasteiger partial charge on any atom is -0.479 e. The molecule has 3 aromatic rings. The minimum atomic E-state index is -1.21. The second-order valence-corrected chi connectivity index (χ2v) is 7.36. The molecule has 1 atom stereocenters. The Morgan fingerprint density at radius 3 is 2.59 bits per heavy atom. The number of halogens is 1. The number of ether oxygens (including phenoxy) is 1. The molecule has 0 saturated heterocycles. The summed E-state index contributed by atoms with van der Waals surface area (Å²) in [6, 6.07) is 14.7. The van der Waals surface area contributed by atoms with E-state index in [1.807, 2.05) is 30.3 Å². The molecular weight excluding hydrogens is 392 g/mol. The van der Waals surface area contributed by atoms with E-state index in [0.29, 0.717) is 21.5 Å². The highest BCUT2D eigenvalue weighted by Crippen LogP contribution is 2.38. The Kier molecular flexibility index (Phi) is 5.36. The molecule has 2 aromatic carbocycles. The van der Waals surface area contributed by atoms with E-state index in [2.05, 4.69) is 4.98 Å². The van der Waals surface area contributed by atoms with Gasteiger partial charge in [0.15, 0.2) is 6.04 Å². The fourth-order valence-electron chi connectivity index (χ4n) is 3.39. The molecule has 1 aliphatic rings. The van der Waals surface area contributed by atoms with Crippen LogP contribution >= 0.6 is 11.6 Å². The van der Waals surface area contributed by atoms with Gasteiger partial charge in [0.05, 0.1) is 5.52 Å². The number of amides is 1. The van der Waals surface area contributed by atoms with Crippen molar-refractivity contribution >= 4 is 34.6 Å². The van der Waals surface area contributed by atoms with Crippen LogP contribution in [0, 0.1) is 0 Å². The summed E-state index contributed by atoms with van der Waals surface area (Å²) < 4.78 is 5.46. The Morgan fingerprint density at radius 2 is 1.90 bits per heavy atom. The van der Waals surface area contributed by atoms with Gasteiger partial charge >= 0.3 is 12.1 Å². The highest BCUT2D eigenvalue weighted by Gasteiger charge is 2.43. The number of carboxylic acids is 1. The van der Waals surface area contributed by atoms with Crippen LogP contribution in [0.2, 0.25) is 5.02 Å². The Hall–Kier alpha value is -3.12. The zero-order valence-electron chi connectivity index (χ0n) is 15.5. The number of carbonyl (C=O) groups is 2. The van der Waals surface area contributed by atoms with Crippen molar-refractivity contribution < 1.29 is 19.4 Å². The normalized spacial score (nSPS) is 14.4. The molecule has 4 rings (SSSR count). The van der Waals surface area contributed by atoms with Crippen molar-refractivity contribution in [1.29, 1.82) is 0 Å². The second kappa shape index (κ2) is 8.09. The fourth-order valence-corrected chi connectivity index (χ4v) is 3.61. The van der Waals surface area contributed by atoms with Crippen LogP contribution < -0.4 is 0 Å². The predicted molar refractivity (Wildman–Crippen MR) is 109 cm³/mol. The third kappa shape index (κ3) is 4.03. The molecule has 1 saturated carbocycles. The summed E-state index contributed by atoms with van der Waals surface area (Å²) in [6.07, 6.45) is 2.41. The van der Waals surface area contributed by atoms with Crippen LogP contribution in [0.3, 0.4) is 0 Å². The van der Waals surface area contributed by atoms with Crippen LogP contribution in [0.4, 0.5) is 4.79 Å². The number of aromatic nitrogens is 1. The summed E-state index contributed by atoms with van der Waals surface area (Å²) >= 11 is 6.26. The second-order valence-electron chi connectivity index (χ2n) is 6.96. The highest BCUT2D eigenvalue weighted by atomic mass is 35.5. The molecule has 1 unspecified atom stereocenters. The molecule has 148 valence electrons. The Labute approximate surface area is 172 Å². The first-order chi connectivity index (χ1) is 14.1. The van der Waals surface area contributed by atoms with Gasteiger partial charge in [0, 0.05) is 28.2 Å². The van der Waals surface area contributed by atoms with Crippen LogP contribution in [0.5, 0.6) is 0 Å². The van der Waals surface area contributed by atoms with E-state index in [4.69, 9.17) is 16.3 Å². The molecule has 1 amide bonds. The van der Waals surface area contributed by atoms with Gasteiger partial charge in [0.1, 0.15) is 6.61 Å². The van der Waals surface area contributed by atoms with E-state index in [0.717, 1.165) is 18.4 Å². The molecular formula is C22H19ClN2O4. The Morgan fingerprint density at radius 1 is 1.14 bits per heavy atom. The number of aliphatic carboxylic acids is 1. The molecule has 1 aromatic heterocycles. The van der Waals surface area contributed by atoms with E-state index in [-0.39, 0.29) is 12.6 Å². The monoisotopic (exact) mass is 410 g/mol. The summed E-state index contributed by atoms with van der Waals surface area (Å²) in [6.45, 7) is 0.0782. The van der Waals surface area contributed by atoms with Crippen molar-refractivity contribution in [2.24, 2.45) is 0 Å². The molecule has 0 radical (unpaired) electrons. The zero-order valence-corrected chi connectivity index (χ0v) is 16.2. The first-order valence-electron chi connectivity index (χ1n) is 9.31. The van der Waals surface area contributed by atoms with E-state index in [9.17, 15) is 14.7 Å². The largest absolute Gasteiger partial charge is 0.479 e. The Bertz CT molecular complexity index is 1050. The van der Waals surface area contributed by atoms with E-state index in [1.165, 1.54) is 4.90 Å². The van der Waals surface area contributed by atoms with Gasteiger partial charge < -0.3 is 9.84 Å². The number of nitrogens with zero attached hydrogens (tertiary/aromatic N) is 2. The van der Waals surface area contributed by atoms with Crippen molar-refractivity contribution in [1.82, 2.24) is 9.88 Å². The number of fused-ring (bicyclic) bond motifs is 1. The molecule has 29 heavy (non-hydrogen) atoms. The van der Waals surface area contributed by atoms with Gasteiger partial charge in [-0.25, -0.2) is 9.59 Å². The number of pyridine rings is 1. The summed E-state index contributed by atoms with van der Waals surface area (Å²) in [5.74, 6) is -1.14. The lowest BCUT2D eigenvalue weighted by atomic mass is 10.0. The third-order valence-electron chi connectivity index (χ3n) is 4.91. The molecule has 0 bridgehead atoms. The van der Waals surface area contributed by atoms with Gasteiger partial charge in [-0.3, -0.25) is 9.88 Å². The van der Waals surface area contributed by atoms with Crippen LogP contribution in [0.25, 0.3) is 10.9 Å². The topological polar surface area (TPSA) is 79.7 Å². The van der Waals surface area contributed by atoms with E-state index in [1.54, 1.807) is 30.5 Å². The number of rotatable bonds is 6. The van der Waals surface area contributed by atoms with Crippen molar-refractivity contribution in [3.63, 3.8) is 0 Å². The molecule has 1 fully saturated rings. The van der Waals surface area contributed by atoms with Crippen LogP contribution in [0.15, 0.2) is 60.8 Å². The quantitative estimate of drug-likeness (QED) is 0.630. The molecule has 0 spiro atoms. The lowest BCUT2D eigenvalue weighted by molar-refractivity contribution is -0.143. The van der Waals surface area contributed by atoms with Crippen molar-refractivity contribution in [3.05, 3.63) is 76.9 Å². The van der Waals surface area contributed by atoms with Crippen molar-refractivity contribution in [2.45, 2.75) is 31.5 Å². The van der Waals surface area contributed by atoms with Gasteiger partial charge in [0.25, 0.3) is 0 Å². The Balaban J connectivity index is 1.68. The maximum absolute atomic E-state index is 12.9. The fraction of sp³-hybridized carbons (Fsp3) is 0.227. The maximum atomic E-state index is 12.9. The zero-order chi connectivity index (χ0) is 20.4. The lowest BCUT2D eigenvalue weighted by Gasteiger charge is -2.29. The molecule has 1 N–H and O–H groups in total. The van der Waals surface area contributed by atoms with Crippen LogP contribution in [-0.2, 0) is 16.1 Å². The number of benzene rings is 2. The van der Waals surface area contributed by atoms with Crippen molar-refractivity contribution in [2.75, 3.05) is 0 Å². The maximum Gasteiger partial charge on any atom is 0.411 e.